The molecule has 13 heavy (non-hydrogen) atoms. The second-order valence-electron chi connectivity index (χ2n) is 4.04. The normalized spacial score (nSPS) is 37.2. The van der Waals surface area contributed by atoms with E-state index in [2.05, 4.69) is 10.2 Å². The average molecular weight is 184 g/mol. The van der Waals surface area contributed by atoms with Gasteiger partial charge in [-0.05, 0) is 17.8 Å². The van der Waals surface area contributed by atoms with Gasteiger partial charge in [-0.3, -0.25) is 9.69 Å². The highest BCUT2D eigenvalue weighted by molar-refractivity contribution is 5.77. The van der Waals surface area contributed by atoms with Crippen LogP contribution in [0.4, 0.5) is 0 Å². The van der Waals surface area contributed by atoms with Gasteiger partial charge < -0.3 is 10.4 Å². The molecule has 0 aromatic carbocycles. The highest BCUT2D eigenvalue weighted by Crippen LogP contribution is 2.50. The van der Waals surface area contributed by atoms with Crippen molar-refractivity contribution in [2.45, 2.75) is 0 Å². The predicted molar refractivity (Wildman–Crippen MR) is 48.1 cm³/mol. The Kier molecular flexibility index (Phi) is 2.26. The largest absolute Gasteiger partial charge is 0.396 e. The van der Waals surface area contributed by atoms with Crippen LogP contribution in [0.1, 0.15) is 0 Å². The van der Waals surface area contributed by atoms with E-state index >= 15 is 0 Å². The fraction of sp³-hybridized carbons (Fsp3) is 0.889. The number of rotatable bonds is 3. The smallest absolute Gasteiger partial charge is 0.233 e. The summed E-state index contributed by atoms with van der Waals surface area (Å²) in [5.74, 6) is 1.94. The summed E-state index contributed by atoms with van der Waals surface area (Å²) >= 11 is 0. The van der Waals surface area contributed by atoms with Gasteiger partial charge in [-0.15, -0.1) is 0 Å². The van der Waals surface area contributed by atoms with Crippen molar-refractivity contribution in [2.75, 3.05) is 33.3 Å². The topological polar surface area (TPSA) is 52.6 Å². The molecule has 3 atom stereocenters. The molecule has 2 N–H and O–H groups in total. The van der Waals surface area contributed by atoms with Crippen LogP contribution in [0.15, 0.2) is 0 Å². The molecule has 4 nitrogen and oxygen atoms in total. The first-order valence-electron chi connectivity index (χ1n) is 4.80. The molecular formula is C9H16N2O2. The first-order valence-corrected chi connectivity index (χ1v) is 4.80. The Hall–Kier alpha value is -0.610. The van der Waals surface area contributed by atoms with Crippen LogP contribution in [0.3, 0.4) is 0 Å². The van der Waals surface area contributed by atoms with Crippen LogP contribution in [-0.2, 0) is 4.79 Å². The van der Waals surface area contributed by atoms with Crippen molar-refractivity contribution in [2.24, 2.45) is 17.8 Å². The Morgan fingerprint density at radius 3 is 2.62 bits per heavy atom. The van der Waals surface area contributed by atoms with E-state index < -0.39 is 0 Å². The van der Waals surface area contributed by atoms with Gasteiger partial charge in [0.25, 0.3) is 0 Å². The summed E-state index contributed by atoms with van der Waals surface area (Å²) in [6.45, 7) is 2.82. The lowest BCUT2D eigenvalue weighted by Crippen LogP contribution is -2.36. The van der Waals surface area contributed by atoms with Gasteiger partial charge in [0.15, 0.2) is 0 Å². The number of aliphatic hydroxyl groups is 1. The van der Waals surface area contributed by atoms with Crippen LogP contribution in [0.25, 0.3) is 0 Å². The quantitative estimate of drug-likeness (QED) is 0.585. The summed E-state index contributed by atoms with van der Waals surface area (Å²) in [6.07, 6.45) is 0. The summed E-state index contributed by atoms with van der Waals surface area (Å²) in [6, 6.07) is 0. The van der Waals surface area contributed by atoms with E-state index in [-0.39, 0.29) is 5.91 Å². The third-order valence-corrected chi connectivity index (χ3v) is 3.30. The van der Waals surface area contributed by atoms with E-state index in [4.69, 9.17) is 5.11 Å². The van der Waals surface area contributed by atoms with Gasteiger partial charge in [0.2, 0.25) is 5.91 Å². The number of hydrogen-bond donors (Lipinski definition) is 2. The van der Waals surface area contributed by atoms with Crippen molar-refractivity contribution >= 4 is 5.91 Å². The van der Waals surface area contributed by atoms with Crippen LogP contribution in [0.2, 0.25) is 0 Å². The molecule has 1 unspecified atom stereocenters. The molecule has 4 heteroatoms. The van der Waals surface area contributed by atoms with Gasteiger partial charge in [-0.25, -0.2) is 0 Å². The zero-order valence-electron chi connectivity index (χ0n) is 7.86. The monoisotopic (exact) mass is 184 g/mol. The number of amides is 1. The van der Waals surface area contributed by atoms with Gasteiger partial charge in [0.05, 0.1) is 6.54 Å². The first kappa shape index (κ1) is 8.97. The van der Waals surface area contributed by atoms with E-state index in [1.54, 1.807) is 7.05 Å². The fourth-order valence-electron chi connectivity index (χ4n) is 2.42. The molecule has 2 fully saturated rings. The van der Waals surface area contributed by atoms with Crippen LogP contribution < -0.4 is 5.32 Å². The van der Waals surface area contributed by atoms with Gasteiger partial charge in [0.1, 0.15) is 0 Å². The third kappa shape index (κ3) is 1.56. The van der Waals surface area contributed by atoms with Crippen molar-refractivity contribution in [3.8, 4) is 0 Å². The Morgan fingerprint density at radius 2 is 2.15 bits per heavy atom. The Bertz CT molecular complexity index is 208. The molecule has 1 amide bonds. The van der Waals surface area contributed by atoms with Gasteiger partial charge in [-0.1, -0.05) is 0 Å². The standard InChI is InChI=1S/C9H16N2O2/c1-10-9(13)4-11-2-6-7(3-11)8(6)5-12/h6-8,12H,2-5H2,1H3,(H,10,13)/t6-,7+,8?. The number of aliphatic hydroxyl groups excluding tert-OH is 1. The van der Waals surface area contributed by atoms with Crippen molar-refractivity contribution in [1.29, 1.82) is 0 Å². The number of piperidine rings is 1. The molecular weight excluding hydrogens is 168 g/mol. The first-order chi connectivity index (χ1) is 6.26. The number of likely N-dealkylation sites (tertiary alicyclic amines) is 1. The van der Waals surface area contributed by atoms with Crippen molar-refractivity contribution < 1.29 is 9.90 Å². The Labute approximate surface area is 77.9 Å². The third-order valence-electron chi connectivity index (χ3n) is 3.30. The molecule has 1 saturated heterocycles. The number of carbonyl (C=O) groups excluding carboxylic acids is 1. The molecule has 0 bridgehead atoms. The minimum absolute atomic E-state index is 0.0850. The van der Waals surface area contributed by atoms with Gasteiger partial charge in [-0.2, -0.15) is 0 Å². The lowest BCUT2D eigenvalue weighted by molar-refractivity contribution is -0.121. The summed E-state index contributed by atoms with van der Waals surface area (Å²) in [5.41, 5.74) is 0. The molecule has 2 rings (SSSR count). The van der Waals surface area contributed by atoms with Gasteiger partial charge in [0, 0.05) is 26.7 Å². The lowest BCUT2D eigenvalue weighted by atomic mass is 10.3. The summed E-state index contributed by atoms with van der Waals surface area (Å²) in [4.78, 5) is 13.2. The van der Waals surface area contributed by atoms with Gasteiger partial charge >= 0.3 is 0 Å². The van der Waals surface area contributed by atoms with E-state index in [1.165, 1.54) is 0 Å². The van der Waals surface area contributed by atoms with Crippen molar-refractivity contribution in [3.63, 3.8) is 0 Å². The number of nitrogens with zero attached hydrogens (tertiary/aromatic N) is 1. The maximum Gasteiger partial charge on any atom is 0.233 e. The second-order valence-corrected chi connectivity index (χ2v) is 4.04. The lowest BCUT2D eigenvalue weighted by Gasteiger charge is -2.17. The minimum atomic E-state index is 0.0850. The predicted octanol–water partition coefficient (Wildman–Crippen LogP) is -1.10. The molecule has 0 aromatic heterocycles. The number of fused-ring (bicyclic) bond motifs is 1. The minimum Gasteiger partial charge on any atom is -0.396 e. The SMILES string of the molecule is CNC(=O)CN1C[C@@H]2C(CO)[C@@H]2C1. The van der Waals surface area contributed by atoms with Crippen molar-refractivity contribution in [1.82, 2.24) is 10.2 Å². The Morgan fingerprint density at radius 1 is 1.54 bits per heavy atom. The second kappa shape index (κ2) is 3.27. The van der Waals surface area contributed by atoms with E-state index in [0.717, 1.165) is 13.1 Å². The van der Waals surface area contributed by atoms with E-state index in [1.807, 2.05) is 0 Å². The molecule has 0 spiro atoms. The molecule has 1 heterocycles. The zero-order chi connectivity index (χ0) is 9.42. The molecule has 1 aliphatic heterocycles. The summed E-state index contributed by atoms with van der Waals surface area (Å²) in [5, 5.41) is 11.5. The molecule has 0 radical (unpaired) electrons. The number of carbonyl (C=O) groups is 1. The number of nitrogens with one attached hydrogen (secondary N) is 1. The van der Waals surface area contributed by atoms with Crippen LogP contribution in [0.5, 0.6) is 0 Å². The van der Waals surface area contributed by atoms with E-state index in [9.17, 15) is 4.79 Å². The van der Waals surface area contributed by atoms with Crippen LogP contribution in [-0.4, -0.2) is 49.2 Å². The average Bonchev–Trinajstić information content (AvgIpc) is 2.61. The zero-order valence-corrected chi connectivity index (χ0v) is 7.86. The summed E-state index contributed by atoms with van der Waals surface area (Å²) < 4.78 is 0. The highest BCUT2D eigenvalue weighted by atomic mass is 16.3. The highest BCUT2D eigenvalue weighted by Gasteiger charge is 2.54. The number of hydrogen-bond acceptors (Lipinski definition) is 3. The fourth-order valence-corrected chi connectivity index (χ4v) is 2.42. The van der Waals surface area contributed by atoms with Crippen LogP contribution in [0, 0.1) is 17.8 Å². The molecule has 1 saturated carbocycles. The molecule has 2 aliphatic rings. The summed E-state index contributed by atoms with van der Waals surface area (Å²) in [7, 11) is 1.66. The maximum absolute atomic E-state index is 11.0. The molecule has 74 valence electrons. The van der Waals surface area contributed by atoms with Crippen molar-refractivity contribution in [3.05, 3.63) is 0 Å². The Balaban J connectivity index is 1.74. The number of likely N-dealkylation sites (N-methyl/N-ethyl adjacent to an activating group) is 1. The maximum atomic E-state index is 11.0. The molecule has 0 aromatic rings. The van der Waals surface area contributed by atoms with Crippen LogP contribution >= 0.6 is 0 Å². The molecule has 1 aliphatic carbocycles. The van der Waals surface area contributed by atoms with E-state index in [0.29, 0.717) is 30.9 Å².